The average molecular weight is 536 g/mol. The van der Waals surface area contributed by atoms with Crippen molar-refractivity contribution in [2.45, 2.75) is 0 Å². The lowest BCUT2D eigenvalue weighted by atomic mass is 9.96. The van der Waals surface area contributed by atoms with E-state index in [1.807, 2.05) is 12.1 Å². The summed E-state index contributed by atoms with van der Waals surface area (Å²) in [5, 5.41) is 12.2. The normalized spacial score (nSPS) is 11.8. The molecule has 8 aromatic carbocycles. The van der Waals surface area contributed by atoms with Gasteiger partial charge in [-0.05, 0) is 74.8 Å². The summed E-state index contributed by atoms with van der Waals surface area (Å²) in [5.41, 5.74) is 5.19. The van der Waals surface area contributed by atoms with Crippen LogP contribution in [0.3, 0.4) is 0 Å². The molecule has 196 valence electrons. The van der Waals surface area contributed by atoms with E-state index in [0.29, 0.717) is 0 Å². The van der Waals surface area contributed by atoms with Gasteiger partial charge in [0.05, 0.1) is 5.69 Å². The van der Waals surface area contributed by atoms with Gasteiger partial charge in [0.25, 0.3) is 0 Å². The average Bonchev–Trinajstić information content (AvgIpc) is 3.44. The molecule has 42 heavy (non-hydrogen) atoms. The molecule has 9 aromatic rings. The van der Waals surface area contributed by atoms with Gasteiger partial charge in [-0.1, -0.05) is 109 Å². The summed E-state index contributed by atoms with van der Waals surface area (Å²) >= 11 is 0. The van der Waals surface area contributed by atoms with Crippen LogP contribution in [-0.4, -0.2) is 0 Å². The molecule has 0 radical (unpaired) electrons. The molecule has 0 aliphatic carbocycles. The topological polar surface area (TPSA) is 16.4 Å². The second kappa shape index (κ2) is 8.95. The van der Waals surface area contributed by atoms with Crippen molar-refractivity contribution in [3.63, 3.8) is 0 Å². The number of benzene rings is 8. The molecule has 0 saturated heterocycles. The van der Waals surface area contributed by atoms with Crippen LogP contribution >= 0.6 is 0 Å². The zero-order valence-corrected chi connectivity index (χ0v) is 22.8. The Kier molecular flexibility index (Phi) is 4.93. The summed E-state index contributed by atoms with van der Waals surface area (Å²) in [6.07, 6.45) is 0. The second-order valence-electron chi connectivity index (χ2n) is 10.9. The Morgan fingerprint density at radius 1 is 0.381 bits per heavy atom. The molecule has 0 bridgehead atoms. The Bertz CT molecular complexity index is 2470. The summed E-state index contributed by atoms with van der Waals surface area (Å²) in [6, 6.07) is 54.4. The maximum Gasteiger partial charge on any atom is 0.143 e. The molecule has 1 aromatic heterocycles. The summed E-state index contributed by atoms with van der Waals surface area (Å²) in [4.78, 5) is 2.36. The summed E-state index contributed by atoms with van der Waals surface area (Å²) in [6.45, 7) is 0. The van der Waals surface area contributed by atoms with Crippen molar-refractivity contribution in [2.24, 2.45) is 0 Å². The molecule has 0 amide bonds. The highest BCUT2D eigenvalue weighted by molar-refractivity contribution is 6.21. The van der Waals surface area contributed by atoms with E-state index in [0.717, 1.165) is 49.8 Å². The first-order valence-electron chi connectivity index (χ1n) is 14.4. The fraction of sp³-hybridized carbons (Fsp3) is 0. The molecular weight excluding hydrogens is 510 g/mol. The molecule has 9 rings (SSSR count). The predicted molar refractivity (Wildman–Crippen MR) is 178 cm³/mol. The van der Waals surface area contributed by atoms with Crippen molar-refractivity contribution in [3.8, 4) is 0 Å². The van der Waals surface area contributed by atoms with Gasteiger partial charge in [0.2, 0.25) is 0 Å². The minimum Gasteiger partial charge on any atom is -0.455 e. The van der Waals surface area contributed by atoms with Gasteiger partial charge in [-0.15, -0.1) is 0 Å². The van der Waals surface area contributed by atoms with Crippen molar-refractivity contribution < 1.29 is 4.42 Å². The van der Waals surface area contributed by atoms with Crippen LogP contribution in [0.5, 0.6) is 0 Å². The Morgan fingerprint density at radius 3 is 1.93 bits per heavy atom. The fourth-order valence-electron chi connectivity index (χ4n) is 6.69. The van der Waals surface area contributed by atoms with E-state index in [1.165, 1.54) is 32.3 Å². The predicted octanol–water partition coefficient (Wildman–Crippen LogP) is 11.7. The lowest BCUT2D eigenvalue weighted by Crippen LogP contribution is -2.10. The zero-order valence-electron chi connectivity index (χ0n) is 22.8. The van der Waals surface area contributed by atoms with Gasteiger partial charge in [-0.25, -0.2) is 0 Å². The standard InChI is InChI=1S/C40H25NO/c1-2-10-29(11-3-1)41(37-15-8-14-35-33(37)23-24-36-34-13-6-7-16-38(34)42-40(35)36)30-21-22-32-28(25-30)20-19-27-18-17-26-9-4-5-12-31(26)39(27)32/h1-25H. The zero-order chi connectivity index (χ0) is 27.6. The highest BCUT2D eigenvalue weighted by atomic mass is 16.3. The number of anilines is 3. The van der Waals surface area contributed by atoms with Crippen LogP contribution in [0.4, 0.5) is 17.1 Å². The Labute approximate surface area is 242 Å². The highest BCUT2D eigenvalue weighted by Crippen LogP contribution is 2.43. The quantitative estimate of drug-likeness (QED) is 0.209. The molecule has 0 aliphatic heterocycles. The van der Waals surface area contributed by atoms with Crippen LogP contribution < -0.4 is 4.90 Å². The Morgan fingerprint density at radius 2 is 1.02 bits per heavy atom. The first-order chi connectivity index (χ1) is 20.8. The van der Waals surface area contributed by atoms with Crippen LogP contribution in [0.15, 0.2) is 156 Å². The van der Waals surface area contributed by atoms with Crippen molar-refractivity contribution in [2.75, 3.05) is 4.90 Å². The molecular formula is C40H25NO. The maximum atomic E-state index is 6.43. The molecule has 0 unspecified atom stereocenters. The number of hydrogen-bond donors (Lipinski definition) is 0. The SMILES string of the molecule is c1ccc(N(c2ccc3c(ccc4ccc5ccccc5c43)c2)c2cccc3c2ccc2c4ccccc4oc32)cc1. The first kappa shape index (κ1) is 23.1. The monoisotopic (exact) mass is 535 g/mol. The van der Waals surface area contributed by atoms with Gasteiger partial charge in [0, 0.05) is 32.9 Å². The largest absolute Gasteiger partial charge is 0.455 e. The smallest absolute Gasteiger partial charge is 0.143 e. The van der Waals surface area contributed by atoms with Crippen LogP contribution in [0, 0.1) is 0 Å². The third-order valence-electron chi connectivity index (χ3n) is 8.60. The molecule has 1 heterocycles. The summed E-state index contributed by atoms with van der Waals surface area (Å²) in [5.74, 6) is 0. The van der Waals surface area contributed by atoms with Crippen LogP contribution in [0.25, 0.3) is 65.0 Å². The van der Waals surface area contributed by atoms with Crippen LogP contribution in [0.1, 0.15) is 0 Å². The second-order valence-corrected chi connectivity index (χ2v) is 10.9. The van der Waals surface area contributed by atoms with E-state index < -0.39 is 0 Å². The van der Waals surface area contributed by atoms with Gasteiger partial charge >= 0.3 is 0 Å². The minimum absolute atomic E-state index is 0.916. The highest BCUT2D eigenvalue weighted by Gasteiger charge is 2.18. The Balaban J connectivity index is 1.31. The number of furan rings is 1. The summed E-state index contributed by atoms with van der Waals surface area (Å²) < 4.78 is 6.43. The van der Waals surface area contributed by atoms with Crippen molar-refractivity contribution in [1.82, 2.24) is 0 Å². The lowest BCUT2D eigenvalue weighted by molar-refractivity contribution is 0.672. The maximum absolute atomic E-state index is 6.43. The number of rotatable bonds is 3. The Hall–Kier alpha value is -5.60. The number of hydrogen-bond acceptors (Lipinski definition) is 2. The third kappa shape index (κ3) is 3.39. The van der Waals surface area contributed by atoms with Crippen molar-refractivity contribution in [1.29, 1.82) is 0 Å². The van der Waals surface area contributed by atoms with Gasteiger partial charge in [0.1, 0.15) is 11.2 Å². The number of nitrogens with zero attached hydrogens (tertiary/aromatic N) is 1. The molecule has 0 fully saturated rings. The molecule has 2 nitrogen and oxygen atoms in total. The molecule has 0 saturated carbocycles. The third-order valence-corrected chi connectivity index (χ3v) is 8.60. The van der Waals surface area contributed by atoms with Crippen molar-refractivity contribution >= 4 is 82.1 Å². The molecule has 2 heteroatoms. The van der Waals surface area contributed by atoms with Gasteiger partial charge in [0.15, 0.2) is 0 Å². The van der Waals surface area contributed by atoms with E-state index in [-0.39, 0.29) is 0 Å². The van der Waals surface area contributed by atoms with Gasteiger partial charge in [-0.2, -0.15) is 0 Å². The van der Waals surface area contributed by atoms with Gasteiger partial charge < -0.3 is 9.32 Å². The molecule has 0 spiro atoms. The summed E-state index contributed by atoms with van der Waals surface area (Å²) in [7, 11) is 0. The molecule has 0 aliphatic rings. The van der Waals surface area contributed by atoms with Crippen LogP contribution in [-0.2, 0) is 0 Å². The molecule has 0 atom stereocenters. The lowest BCUT2D eigenvalue weighted by Gasteiger charge is -2.27. The van der Waals surface area contributed by atoms with Crippen LogP contribution in [0.2, 0.25) is 0 Å². The number of fused-ring (bicyclic) bond motifs is 10. The number of para-hydroxylation sites is 2. The first-order valence-corrected chi connectivity index (χ1v) is 14.4. The van der Waals surface area contributed by atoms with E-state index >= 15 is 0 Å². The van der Waals surface area contributed by atoms with Crippen molar-refractivity contribution in [3.05, 3.63) is 152 Å². The fourth-order valence-corrected chi connectivity index (χ4v) is 6.69. The minimum atomic E-state index is 0.916. The van der Waals surface area contributed by atoms with E-state index in [2.05, 4.69) is 144 Å². The van der Waals surface area contributed by atoms with Gasteiger partial charge in [-0.3, -0.25) is 0 Å². The van der Waals surface area contributed by atoms with E-state index in [9.17, 15) is 0 Å². The van der Waals surface area contributed by atoms with E-state index in [4.69, 9.17) is 4.42 Å². The van der Waals surface area contributed by atoms with E-state index in [1.54, 1.807) is 0 Å². The molecule has 0 N–H and O–H groups in total.